The molecule has 2 atom stereocenters. The van der Waals surface area contributed by atoms with Gasteiger partial charge in [-0.05, 0) is 50.7 Å². The van der Waals surface area contributed by atoms with Crippen LogP contribution in [-0.2, 0) is 9.59 Å². The third kappa shape index (κ3) is 6.48. The highest BCUT2D eigenvalue weighted by Gasteiger charge is 2.29. The van der Waals surface area contributed by atoms with Crippen LogP contribution in [0.3, 0.4) is 0 Å². The van der Waals surface area contributed by atoms with E-state index in [1.54, 1.807) is 26.1 Å². The lowest BCUT2D eigenvalue weighted by Gasteiger charge is -2.29. The van der Waals surface area contributed by atoms with Crippen molar-refractivity contribution in [2.45, 2.75) is 32.4 Å². The SMILES string of the molecule is CC[C@H](C(=O)NCCN(C)C)N(C)C(=O)[C@@H](C)Oc1ccc2c(-c3ccccc3)cc(=O)oc2c1. The molecule has 0 unspecified atom stereocenters. The van der Waals surface area contributed by atoms with Gasteiger partial charge >= 0.3 is 5.63 Å². The van der Waals surface area contributed by atoms with E-state index in [9.17, 15) is 14.4 Å². The van der Waals surface area contributed by atoms with Gasteiger partial charge in [0.1, 0.15) is 17.4 Å². The predicted octanol–water partition coefficient (Wildman–Crippen LogP) is 3.14. The van der Waals surface area contributed by atoms with Crippen molar-refractivity contribution in [1.29, 1.82) is 0 Å². The van der Waals surface area contributed by atoms with Crippen LogP contribution in [0.5, 0.6) is 5.75 Å². The second-order valence-corrected chi connectivity index (χ2v) is 8.73. The van der Waals surface area contributed by atoms with Gasteiger partial charge in [-0.3, -0.25) is 9.59 Å². The molecule has 2 amide bonds. The van der Waals surface area contributed by atoms with Crippen molar-refractivity contribution < 1.29 is 18.7 Å². The minimum absolute atomic E-state index is 0.196. The van der Waals surface area contributed by atoms with Crippen LogP contribution in [0.4, 0.5) is 0 Å². The zero-order valence-corrected chi connectivity index (χ0v) is 20.9. The standard InChI is InChI=1S/C27H33N3O5/c1-6-23(26(32)28-14-15-29(3)4)30(5)27(33)18(2)34-20-12-13-21-22(19-10-8-7-9-11-19)17-25(31)35-24(21)16-20/h7-13,16-18,23H,6,14-15H2,1-5H3,(H,28,32)/t18-,23-/m1/s1. The first-order valence-electron chi connectivity index (χ1n) is 11.7. The Labute approximate surface area is 205 Å². The van der Waals surface area contributed by atoms with Gasteiger partial charge in [0, 0.05) is 37.7 Å². The molecule has 1 heterocycles. The average Bonchev–Trinajstić information content (AvgIpc) is 2.83. The topological polar surface area (TPSA) is 92.1 Å². The van der Waals surface area contributed by atoms with E-state index < -0.39 is 17.8 Å². The van der Waals surface area contributed by atoms with E-state index in [0.29, 0.717) is 30.8 Å². The Kier molecular flexibility index (Phi) is 8.65. The highest BCUT2D eigenvalue weighted by molar-refractivity contribution is 5.94. The molecule has 186 valence electrons. The van der Waals surface area contributed by atoms with Crippen molar-refractivity contribution in [2.24, 2.45) is 0 Å². The number of rotatable bonds is 10. The molecule has 0 bridgehead atoms. The van der Waals surface area contributed by atoms with Gasteiger partial charge < -0.3 is 24.3 Å². The summed E-state index contributed by atoms with van der Waals surface area (Å²) in [5.41, 5.74) is 1.56. The molecule has 0 radical (unpaired) electrons. The Morgan fingerprint density at radius 3 is 2.43 bits per heavy atom. The number of hydrogen-bond donors (Lipinski definition) is 1. The minimum Gasteiger partial charge on any atom is -0.481 e. The number of carbonyl (C=O) groups is 2. The number of likely N-dealkylation sites (N-methyl/N-ethyl adjacent to an activating group) is 2. The van der Waals surface area contributed by atoms with Gasteiger partial charge in [-0.2, -0.15) is 0 Å². The first-order chi connectivity index (χ1) is 16.7. The first kappa shape index (κ1) is 26.0. The van der Waals surface area contributed by atoms with E-state index in [1.807, 2.05) is 62.3 Å². The third-order valence-electron chi connectivity index (χ3n) is 5.82. The van der Waals surface area contributed by atoms with Crippen molar-refractivity contribution in [3.05, 3.63) is 65.0 Å². The molecule has 1 N–H and O–H groups in total. The van der Waals surface area contributed by atoms with Crippen LogP contribution in [0.25, 0.3) is 22.1 Å². The number of ether oxygens (including phenoxy) is 1. The zero-order chi connectivity index (χ0) is 25.5. The first-order valence-corrected chi connectivity index (χ1v) is 11.7. The fourth-order valence-electron chi connectivity index (χ4n) is 3.92. The Bertz CT molecular complexity index is 1220. The molecule has 0 saturated carbocycles. The maximum Gasteiger partial charge on any atom is 0.336 e. The Balaban J connectivity index is 1.75. The van der Waals surface area contributed by atoms with Gasteiger partial charge in [0.05, 0.1) is 0 Å². The molecule has 8 heteroatoms. The molecule has 3 aromatic rings. The van der Waals surface area contributed by atoms with E-state index in [4.69, 9.17) is 9.15 Å². The van der Waals surface area contributed by atoms with Crippen molar-refractivity contribution in [3.8, 4) is 16.9 Å². The summed E-state index contributed by atoms with van der Waals surface area (Å²) >= 11 is 0. The molecule has 0 aliphatic heterocycles. The average molecular weight is 480 g/mol. The fraction of sp³-hybridized carbons (Fsp3) is 0.370. The normalized spacial score (nSPS) is 12.9. The minimum atomic E-state index is -0.842. The van der Waals surface area contributed by atoms with Crippen LogP contribution >= 0.6 is 0 Å². The van der Waals surface area contributed by atoms with E-state index in [0.717, 1.165) is 16.5 Å². The van der Waals surface area contributed by atoms with Gasteiger partial charge in [0.2, 0.25) is 5.91 Å². The number of hydrogen-bond acceptors (Lipinski definition) is 6. The van der Waals surface area contributed by atoms with Gasteiger partial charge in [0.15, 0.2) is 6.10 Å². The lowest BCUT2D eigenvalue weighted by molar-refractivity contribution is -0.144. The number of fused-ring (bicyclic) bond motifs is 1. The van der Waals surface area contributed by atoms with Gasteiger partial charge in [-0.1, -0.05) is 37.3 Å². The van der Waals surface area contributed by atoms with E-state index in [1.165, 1.54) is 11.0 Å². The summed E-state index contributed by atoms with van der Waals surface area (Å²) in [6.45, 7) is 4.71. The molecule has 0 spiro atoms. The van der Waals surface area contributed by atoms with Crippen LogP contribution in [0, 0.1) is 0 Å². The molecule has 0 saturated heterocycles. The summed E-state index contributed by atoms with van der Waals surface area (Å²) in [4.78, 5) is 41.2. The largest absolute Gasteiger partial charge is 0.481 e. The maximum absolute atomic E-state index is 13.0. The van der Waals surface area contributed by atoms with Crippen molar-refractivity contribution >= 4 is 22.8 Å². The molecule has 35 heavy (non-hydrogen) atoms. The van der Waals surface area contributed by atoms with Gasteiger partial charge in [-0.15, -0.1) is 0 Å². The van der Waals surface area contributed by atoms with Crippen LogP contribution in [0.15, 0.2) is 63.8 Å². The summed E-state index contributed by atoms with van der Waals surface area (Å²) in [6.07, 6.45) is -0.364. The van der Waals surface area contributed by atoms with Crippen molar-refractivity contribution in [1.82, 2.24) is 15.1 Å². The monoisotopic (exact) mass is 479 g/mol. The summed E-state index contributed by atoms with van der Waals surface area (Å²) in [5.74, 6) is -0.124. The molecule has 3 rings (SSSR count). The third-order valence-corrected chi connectivity index (χ3v) is 5.82. The van der Waals surface area contributed by atoms with Crippen LogP contribution in [-0.4, -0.2) is 68.0 Å². The fourth-order valence-corrected chi connectivity index (χ4v) is 3.92. The van der Waals surface area contributed by atoms with E-state index in [2.05, 4.69) is 5.32 Å². The van der Waals surface area contributed by atoms with E-state index >= 15 is 0 Å². The highest BCUT2D eigenvalue weighted by atomic mass is 16.5. The summed E-state index contributed by atoms with van der Waals surface area (Å²) in [7, 11) is 5.46. The van der Waals surface area contributed by atoms with Crippen LogP contribution in [0.1, 0.15) is 20.3 Å². The Morgan fingerprint density at radius 2 is 1.77 bits per heavy atom. The molecule has 2 aromatic carbocycles. The molecule has 0 aliphatic rings. The molecule has 1 aromatic heterocycles. The molecular formula is C27H33N3O5. The van der Waals surface area contributed by atoms with Crippen LogP contribution < -0.4 is 15.7 Å². The second-order valence-electron chi connectivity index (χ2n) is 8.73. The summed E-state index contributed by atoms with van der Waals surface area (Å²) < 4.78 is 11.3. The van der Waals surface area contributed by atoms with Gasteiger partial charge in [0.25, 0.3) is 5.91 Å². The predicted molar refractivity (Wildman–Crippen MR) is 136 cm³/mol. The molecule has 0 aliphatic carbocycles. The smallest absolute Gasteiger partial charge is 0.336 e. The number of benzene rings is 2. The van der Waals surface area contributed by atoms with Crippen molar-refractivity contribution in [3.63, 3.8) is 0 Å². The van der Waals surface area contributed by atoms with Crippen LogP contribution in [0.2, 0.25) is 0 Å². The maximum atomic E-state index is 13.0. The lowest BCUT2D eigenvalue weighted by atomic mass is 10.0. The van der Waals surface area contributed by atoms with Crippen molar-refractivity contribution in [2.75, 3.05) is 34.2 Å². The van der Waals surface area contributed by atoms with E-state index in [-0.39, 0.29) is 11.8 Å². The molecule has 0 fully saturated rings. The second kappa shape index (κ2) is 11.7. The number of nitrogens with one attached hydrogen (secondary N) is 1. The highest BCUT2D eigenvalue weighted by Crippen LogP contribution is 2.30. The zero-order valence-electron chi connectivity index (χ0n) is 20.9. The number of nitrogens with zero attached hydrogens (tertiary/aromatic N) is 2. The van der Waals surface area contributed by atoms with Gasteiger partial charge in [-0.25, -0.2) is 4.79 Å². The number of carbonyl (C=O) groups excluding carboxylic acids is 2. The Morgan fingerprint density at radius 1 is 1.06 bits per heavy atom. The quantitative estimate of drug-likeness (QED) is 0.449. The lowest BCUT2D eigenvalue weighted by Crippen LogP contribution is -2.51. The summed E-state index contributed by atoms with van der Waals surface area (Å²) in [5, 5.41) is 3.64. The number of amides is 2. The summed E-state index contributed by atoms with van der Waals surface area (Å²) in [6, 6.07) is 15.6. The molecule has 8 nitrogen and oxygen atoms in total. The Hall–Kier alpha value is -3.65. The molecular weight excluding hydrogens is 446 g/mol.